The van der Waals surface area contributed by atoms with Gasteiger partial charge in [0.1, 0.15) is 11.9 Å². The predicted octanol–water partition coefficient (Wildman–Crippen LogP) is 4.50. The molecule has 4 rings (SSSR count). The van der Waals surface area contributed by atoms with Gasteiger partial charge in [-0.05, 0) is 55.0 Å². The summed E-state index contributed by atoms with van der Waals surface area (Å²) in [6.07, 6.45) is 1.22. The van der Waals surface area contributed by atoms with Crippen molar-refractivity contribution >= 4 is 23.2 Å². The van der Waals surface area contributed by atoms with Gasteiger partial charge in [-0.15, -0.1) is 0 Å². The molecule has 0 bridgehead atoms. The van der Waals surface area contributed by atoms with Crippen LogP contribution in [-0.4, -0.2) is 17.2 Å². The van der Waals surface area contributed by atoms with E-state index in [9.17, 15) is 4.79 Å². The van der Waals surface area contributed by atoms with E-state index in [1.807, 2.05) is 19.1 Å². The molecular weight excluding hydrogens is 352 g/mol. The summed E-state index contributed by atoms with van der Waals surface area (Å²) >= 11 is 5.84. The number of fused-ring (bicyclic) bond motifs is 1. The summed E-state index contributed by atoms with van der Waals surface area (Å²) in [7, 11) is 0. The third-order valence-electron chi connectivity index (χ3n) is 4.21. The molecule has 1 unspecified atom stereocenters. The van der Waals surface area contributed by atoms with Gasteiger partial charge < -0.3 is 14.6 Å². The van der Waals surface area contributed by atoms with Crippen LogP contribution in [0.5, 0.6) is 5.75 Å². The van der Waals surface area contributed by atoms with Crippen molar-refractivity contribution in [2.24, 2.45) is 0 Å². The summed E-state index contributed by atoms with van der Waals surface area (Å²) in [6, 6.07) is 14.7. The highest BCUT2D eigenvalue weighted by Gasteiger charge is 2.20. The largest absolute Gasteiger partial charge is 0.490 e. The van der Waals surface area contributed by atoms with E-state index in [1.165, 1.54) is 0 Å². The van der Waals surface area contributed by atoms with Crippen LogP contribution in [0.1, 0.15) is 18.2 Å². The Morgan fingerprint density at radius 2 is 2.04 bits per heavy atom. The van der Waals surface area contributed by atoms with Crippen LogP contribution in [0.15, 0.2) is 53.1 Å². The normalized spacial score (nSPS) is 15.4. The van der Waals surface area contributed by atoms with Gasteiger partial charge in [0, 0.05) is 28.8 Å². The first kappa shape index (κ1) is 16.7. The smallest absolute Gasteiger partial charge is 0.230 e. The molecule has 0 fully saturated rings. The molecule has 1 amide bonds. The number of rotatable bonds is 4. The maximum Gasteiger partial charge on any atom is 0.230 e. The minimum atomic E-state index is -0.164. The number of nitrogens with one attached hydrogen (secondary N) is 1. The van der Waals surface area contributed by atoms with Gasteiger partial charge in [0.2, 0.25) is 5.91 Å². The molecule has 6 heteroatoms. The first-order valence-corrected chi connectivity index (χ1v) is 8.75. The third-order valence-corrected chi connectivity index (χ3v) is 4.46. The molecule has 0 saturated heterocycles. The highest BCUT2D eigenvalue weighted by atomic mass is 35.5. The lowest BCUT2D eigenvalue weighted by atomic mass is 10.1. The number of hydrogen-bond donors (Lipinski definition) is 1. The Bertz CT molecular complexity index is 950. The van der Waals surface area contributed by atoms with E-state index in [0.717, 1.165) is 23.3 Å². The molecule has 1 N–H and O–H groups in total. The molecule has 0 aliphatic carbocycles. The van der Waals surface area contributed by atoms with Gasteiger partial charge in [-0.2, -0.15) is 0 Å². The zero-order valence-corrected chi connectivity index (χ0v) is 14.9. The summed E-state index contributed by atoms with van der Waals surface area (Å²) < 4.78 is 11.1. The average molecular weight is 369 g/mol. The zero-order valence-electron chi connectivity index (χ0n) is 14.2. The Morgan fingerprint density at radius 3 is 2.85 bits per heavy atom. The Morgan fingerprint density at radius 1 is 1.23 bits per heavy atom. The second kappa shape index (κ2) is 6.84. The van der Waals surface area contributed by atoms with E-state index >= 15 is 0 Å². The monoisotopic (exact) mass is 368 g/mol. The van der Waals surface area contributed by atoms with Crippen LogP contribution in [0.2, 0.25) is 5.02 Å². The number of carbonyl (C=O) groups excluding carboxylic acids is 1. The van der Waals surface area contributed by atoms with Crippen molar-refractivity contribution in [2.75, 3.05) is 5.32 Å². The van der Waals surface area contributed by atoms with Gasteiger partial charge in [0.05, 0.1) is 12.1 Å². The molecule has 1 atom stereocenters. The fraction of sp³-hybridized carbons (Fsp3) is 0.200. The SMILES string of the molecule is CC1Cc2cc(-c3cc(CC(=O)Nc4ccc(Cl)cc4)no3)ccc2O1. The Labute approximate surface area is 155 Å². The van der Waals surface area contributed by atoms with Crippen LogP contribution in [0, 0.1) is 0 Å². The van der Waals surface area contributed by atoms with Gasteiger partial charge in [-0.1, -0.05) is 16.8 Å². The minimum Gasteiger partial charge on any atom is -0.490 e. The van der Waals surface area contributed by atoms with Crippen LogP contribution in [-0.2, 0) is 17.6 Å². The van der Waals surface area contributed by atoms with E-state index < -0.39 is 0 Å². The average Bonchev–Trinajstić information content (AvgIpc) is 3.21. The Kier molecular flexibility index (Phi) is 4.39. The molecule has 5 nitrogen and oxygen atoms in total. The van der Waals surface area contributed by atoms with E-state index in [-0.39, 0.29) is 18.4 Å². The third kappa shape index (κ3) is 3.58. The molecule has 3 aromatic rings. The first-order chi connectivity index (χ1) is 12.6. The number of anilines is 1. The molecule has 0 spiro atoms. The highest BCUT2D eigenvalue weighted by Crippen LogP contribution is 2.33. The second-order valence-electron chi connectivity index (χ2n) is 6.37. The zero-order chi connectivity index (χ0) is 18.1. The van der Waals surface area contributed by atoms with Gasteiger partial charge in [0.15, 0.2) is 5.76 Å². The van der Waals surface area contributed by atoms with Gasteiger partial charge >= 0.3 is 0 Å². The molecular formula is C20H17ClN2O3. The lowest BCUT2D eigenvalue weighted by Gasteiger charge is -2.03. The number of aromatic nitrogens is 1. The summed E-state index contributed by atoms with van der Waals surface area (Å²) in [5.41, 5.74) is 3.36. The highest BCUT2D eigenvalue weighted by molar-refractivity contribution is 6.30. The van der Waals surface area contributed by atoms with Crippen LogP contribution >= 0.6 is 11.6 Å². The molecule has 0 radical (unpaired) electrons. The number of hydrogen-bond acceptors (Lipinski definition) is 4. The van der Waals surface area contributed by atoms with Gasteiger partial charge in [-0.3, -0.25) is 4.79 Å². The van der Waals surface area contributed by atoms with Crippen molar-refractivity contribution in [1.82, 2.24) is 5.16 Å². The maximum atomic E-state index is 12.2. The second-order valence-corrected chi connectivity index (χ2v) is 6.81. The van der Waals surface area contributed by atoms with Crippen molar-refractivity contribution in [1.29, 1.82) is 0 Å². The van der Waals surface area contributed by atoms with Crippen LogP contribution in [0.4, 0.5) is 5.69 Å². The van der Waals surface area contributed by atoms with Crippen molar-refractivity contribution in [2.45, 2.75) is 25.9 Å². The van der Waals surface area contributed by atoms with Crippen LogP contribution in [0.3, 0.4) is 0 Å². The van der Waals surface area contributed by atoms with Crippen molar-refractivity contribution in [3.63, 3.8) is 0 Å². The van der Waals surface area contributed by atoms with E-state index in [2.05, 4.69) is 16.5 Å². The van der Waals surface area contributed by atoms with Crippen molar-refractivity contribution in [3.05, 3.63) is 64.8 Å². The summed E-state index contributed by atoms with van der Waals surface area (Å²) in [5, 5.41) is 7.44. The predicted molar refractivity (Wildman–Crippen MR) is 99.5 cm³/mol. The molecule has 26 heavy (non-hydrogen) atoms. The fourth-order valence-electron chi connectivity index (χ4n) is 3.01. The molecule has 0 saturated carbocycles. The van der Waals surface area contributed by atoms with Crippen molar-refractivity contribution < 1.29 is 14.1 Å². The molecule has 132 valence electrons. The summed E-state index contributed by atoms with van der Waals surface area (Å²) in [6.45, 7) is 2.05. The number of nitrogens with zero attached hydrogens (tertiary/aromatic N) is 1. The van der Waals surface area contributed by atoms with Crippen molar-refractivity contribution in [3.8, 4) is 17.1 Å². The number of ether oxygens (including phenoxy) is 1. The Balaban J connectivity index is 1.44. The Hall–Kier alpha value is -2.79. The molecule has 1 aliphatic heterocycles. The number of benzene rings is 2. The van der Waals surface area contributed by atoms with E-state index in [1.54, 1.807) is 30.3 Å². The van der Waals surface area contributed by atoms with Gasteiger partial charge in [-0.25, -0.2) is 0 Å². The van der Waals surface area contributed by atoms with E-state index in [4.69, 9.17) is 20.9 Å². The standard InChI is InChI=1S/C20H17ClN2O3/c1-12-8-14-9-13(2-7-18(14)25-12)19-10-17(23-26-19)11-20(24)22-16-5-3-15(21)4-6-16/h2-7,9-10,12H,8,11H2,1H3,(H,22,24). The number of carbonyl (C=O) groups is 1. The number of amides is 1. The van der Waals surface area contributed by atoms with E-state index in [0.29, 0.717) is 22.2 Å². The molecule has 1 aromatic heterocycles. The summed E-state index contributed by atoms with van der Waals surface area (Å²) in [5.74, 6) is 1.40. The van der Waals surface area contributed by atoms with Gasteiger partial charge in [0.25, 0.3) is 0 Å². The molecule has 1 aliphatic rings. The summed E-state index contributed by atoms with van der Waals surface area (Å²) in [4.78, 5) is 12.2. The molecule has 2 heterocycles. The first-order valence-electron chi connectivity index (χ1n) is 8.38. The number of halogens is 1. The van der Waals surface area contributed by atoms with Crippen LogP contribution < -0.4 is 10.1 Å². The lowest BCUT2D eigenvalue weighted by Crippen LogP contribution is -2.14. The fourth-order valence-corrected chi connectivity index (χ4v) is 3.14. The quantitative estimate of drug-likeness (QED) is 0.736. The van der Waals surface area contributed by atoms with Crippen LogP contribution in [0.25, 0.3) is 11.3 Å². The maximum absolute atomic E-state index is 12.2. The molecule has 2 aromatic carbocycles. The minimum absolute atomic E-state index is 0.136. The topological polar surface area (TPSA) is 64.4 Å². The lowest BCUT2D eigenvalue weighted by molar-refractivity contribution is -0.115.